The molecule has 1 aliphatic carbocycles. The molecule has 9 nitrogen and oxygen atoms in total. The topological polar surface area (TPSA) is 105 Å². The number of aromatic nitrogens is 2. The van der Waals surface area contributed by atoms with Crippen LogP contribution in [0.3, 0.4) is 0 Å². The molecular weight excluding hydrogens is 472 g/mol. The molecule has 1 saturated carbocycles. The van der Waals surface area contributed by atoms with E-state index in [9.17, 15) is 13.2 Å². The van der Waals surface area contributed by atoms with E-state index < -0.39 is 16.2 Å². The molecule has 0 bridgehead atoms. The fraction of sp³-hybridized carbons (Fsp3) is 0.652. The van der Waals surface area contributed by atoms with Gasteiger partial charge in [-0.1, -0.05) is 27.7 Å². The van der Waals surface area contributed by atoms with E-state index in [0.717, 1.165) is 39.9 Å². The van der Waals surface area contributed by atoms with Crippen LogP contribution in [0.4, 0.5) is 16.2 Å². The van der Waals surface area contributed by atoms with Gasteiger partial charge in [-0.15, -0.1) is 11.3 Å². The van der Waals surface area contributed by atoms with Gasteiger partial charge >= 0.3 is 16.2 Å². The maximum Gasteiger partial charge on any atom is 0.334 e. The SMILES string of the molecule is CC(C)c1cc(N(C(N)=O)S(=O)(=O)N(c2cnn(C3CC3)c2)[C@H]2CCCN(C)C2)c(C(C)C)s1. The van der Waals surface area contributed by atoms with Crippen LogP contribution in [0.1, 0.15) is 81.0 Å². The molecule has 2 N–H and O–H groups in total. The predicted octanol–water partition coefficient (Wildman–Crippen LogP) is 4.26. The van der Waals surface area contributed by atoms with Gasteiger partial charge in [0.2, 0.25) is 0 Å². The Hall–Kier alpha value is -2.11. The number of urea groups is 1. The number of amides is 2. The highest BCUT2D eigenvalue weighted by atomic mass is 32.2. The van der Waals surface area contributed by atoms with Crippen molar-refractivity contribution in [1.29, 1.82) is 0 Å². The second-order valence-electron chi connectivity index (χ2n) is 10.1. The number of nitrogens with two attached hydrogens (primary N) is 1. The van der Waals surface area contributed by atoms with Crippen LogP contribution < -0.4 is 14.3 Å². The number of carbonyl (C=O) groups excluding carboxylic acids is 1. The van der Waals surface area contributed by atoms with Gasteiger partial charge in [-0.25, -0.2) is 9.10 Å². The van der Waals surface area contributed by atoms with Crippen LogP contribution in [0.25, 0.3) is 0 Å². The van der Waals surface area contributed by atoms with Crippen molar-refractivity contribution in [3.05, 3.63) is 28.2 Å². The van der Waals surface area contributed by atoms with Gasteiger partial charge in [0.1, 0.15) is 0 Å². The standard InChI is InChI=1S/C23H36N6O3S2/c1-15(2)21-11-20(22(33-21)16(3)4)29(23(24)30)34(31,32)28(18-7-6-10-26(5)13-18)19-12-25-27(14-19)17-8-9-17/h11-12,14-18H,6-10,13H2,1-5H3,(H2,24,30)/t18-/m0/s1. The first-order chi connectivity index (χ1) is 16.0. The highest BCUT2D eigenvalue weighted by molar-refractivity contribution is 7.95. The Morgan fingerprint density at radius 2 is 1.91 bits per heavy atom. The minimum Gasteiger partial charge on any atom is -0.350 e. The Bertz CT molecular complexity index is 1140. The number of anilines is 2. The molecular formula is C23H36N6O3S2. The summed E-state index contributed by atoms with van der Waals surface area (Å²) < 4.78 is 32.7. The second-order valence-corrected chi connectivity index (χ2v) is 12.9. The van der Waals surface area contributed by atoms with Crippen molar-refractivity contribution >= 4 is 39.0 Å². The van der Waals surface area contributed by atoms with E-state index in [4.69, 9.17) is 5.73 Å². The summed E-state index contributed by atoms with van der Waals surface area (Å²) in [6.07, 6.45) is 7.03. The summed E-state index contributed by atoms with van der Waals surface area (Å²) in [7, 11) is -2.35. The molecule has 1 aliphatic heterocycles. The lowest BCUT2D eigenvalue weighted by Gasteiger charge is -2.39. The Balaban J connectivity index is 1.83. The van der Waals surface area contributed by atoms with Crippen molar-refractivity contribution in [2.75, 3.05) is 28.7 Å². The molecule has 1 saturated heterocycles. The van der Waals surface area contributed by atoms with Crippen molar-refractivity contribution in [2.24, 2.45) is 5.73 Å². The number of likely N-dealkylation sites (N-methyl/N-ethyl adjacent to an activating group) is 1. The number of rotatable bonds is 8. The van der Waals surface area contributed by atoms with Crippen LogP contribution >= 0.6 is 11.3 Å². The third kappa shape index (κ3) is 4.83. The molecule has 0 unspecified atom stereocenters. The predicted molar refractivity (Wildman–Crippen MR) is 137 cm³/mol. The summed E-state index contributed by atoms with van der Waals surface area (Å²) in [5.74, 6) is 0.241. The minimum atomic E-state index is -4.33. The lowest BCUT2D eigenvalue weighted by molar-refractivity contribution is 0.252. The van der Waals surface area contributed by atoms with E-state index in [2.05, 4.69) is 23.8 Å². The highest BCUT2D eigenvalue weighted by Crippen LogP contribution is 2.42. The van der Waals surface area contributed by atoms with E-state index in [-0.39, 0.29) is 17.9 Å². The third-order valence-electron chi connectivity index (χ3n) is 6.45. The lowest BCUT2D eigenvalue weighted by Crippen LogP contribution is -2.56. The fourth-order valence-electron chi connectivity index (χ4n) is 4.56. The zero-order chi connectivity index (χ0) is 24.8. The van der Waals surface area contributed by atoms with Crippen LogP contribution in [0.2, 0.25) is 0 Å². The molecule has 11 heteroatoms. The molecule has 188 valence electrons. The van der Waals surface area contributed by atoms with Gasteiger partial charge in [-0.2, -0.15) is 17.8 Å². The van der Waals surface area contributed by atoms with Gasteiger partial charge in [-0.05, 0) is 57.2 Å². The number of thiophene rings is 1. The maximum absolute atomic E-state index is 14.3. The van der Waals surface area contributed by atoms with Gasteiger partial charge in [-0.3, -0.25) is 4.68 Å². The van der Waals surface area contributed by atoms with Crippen molar-refractivity contribution in [2.45, 2.75) is 77.3 Å². The number of likely N-dealkylation sites (tertiary alicyclic amines) is 1. The first-order valence-corrected chi connectivity index (χ1v) is 14.2. The van der Waals surface area contributed by atoms with E-state index in [1.54, 1.807) is 23.7 Å². The van der Waals surface area contributed by atoms with Gasteiger partial charge < -0.3 is 10.6 Å². The molecule has 4 rings (SSSR count). The molecule has 0 aromatic carbocycles. The number of hydrogen-bond acceptors (Lipinski definition) is 6. The van der Waals surface area contributed by atoms with Crippen LogP contribution in [0, 0.1) is 0 Å². The Morgan fingerprint density at radius 3 is 2.47 bits per heavy atom. The van der Waals surface area contributed by atoms with Crippen molar-refractivity contribution in [1.82, 2.24) is 14.7 Å². The molecule has 0 spiro atoms. The first-order valence-electron chi connectivity index (χ1n) is 12.0. The summed E-state index contributed by atoms with van der Waals surface area (Å²) in [4.78, 5) is 16.8. The van der Waals surface area contributed by atoms with Gasteiger partial charge in [0, 0.05) is 22.5 Å². The molecule has 0 radical (unpaired) electrons. The van der Waals surface area contributed by atoms with Crippen LogP contribution in [-0.2, 0) is 10.2 Å². The zero-order valence-corrected chi connectivity index (χ0v) is 22.3. The van der Waals surface area contributed by atoms with Crippen LogP contribution in [0.5, 0.6) is 0 Å². The molecule has 2 aromatic rings. The largest absolute Gasteiger partial charge is 0.350 e. The molecule has 3 heterocycles. The van der Waals surface area contributed by atoms with Gasteiger partial charge in [0.05, 0.1) is 29.7 Å². The normalized spacial score (nSPS) is 19.7. The van der Waals surface area contributed by atoms with Crippen molar-refractivity contribution in [3.8, 4) is 0 Å². The molecule has 2 aromatic heterocycles. The maximum atomic E-state index is 14.3. The first kappa shape index (κ1) is 25.0. The van der Waals surface area contributed by atoms with Crippen molar-refractivity contribution in [3.63, 3.8) is 0 Å². The average Bonchev–Trinajstić information content (AvgIpc) is 3.31. The smallest absolute Gasteiger partial charge is 0.334 e. The lowest BCUT2D eigenvalue weighted by atomic mass is 10.1. The van der Waals surface area contributed by atoms with E-state index in [1.807, 2.05) is 31.6 Å². The second kappa shape index (κ2) is 9.50. The summed E-state index contributed by atoms with van der Waals surface area (Å²) in [5, 5.41) is 4.44. The molecule has 1 atom stereocenters. The third-order valence-corrected chi connectivity index (χ3v) is 10.0. The summed E-state index contributed by atoms with van der Waals surface area (Å²) >= 11 is 1.54. The van der Waals surface area contributed by atoms with Gasteiger partial charge in [0.15, 0.2) is 0 Å². The monoisotopic (exact) mass is 508 g/mol. The quantitative estimate of drug-likeness (QED) is 0.574. The number of piperidine rings is 1. The fourth-order valence-corrected chi connectivity index (χ4v) is 7.48. The highest BCUT2D eigenvalue weighted by Gasteiger charge is 2.42. The van der Waals surface area contributed by atoms with Crippen LogP contribution in [0.15, 0.2) is 18.5 Å². The van der Waals surface area contributed by atoms with Crippen LogP contribution in [-0.4, -0.2) is 55.3 Å². The minimum absolute atomic E-state index is 0.0384. The number of carbonyl (C=O) groups is 1. The van der Waals surface area contributed by atoms with E-state index in [0.29, 0.717) is 30.4 Å². The summed E-state index contributed by atoms with van der Waals surface area (Å²) in [6.45, 7) is 9.58. The van der Waals surface area contributed by atoms with E-state index in [1.165, 1.54) is 4.31 Å². The Kier molecular flexibility index (Phi) is 6.99. The van der Waals surface area contributed by atoms with E-state index >= 15 is 0 Å². The number of nitrogens with zero attached hydrogens (tertiary/aromatic N) is 5. The van der Waals surface area contributed by atoms with Crippen molar-refractivity contribution < 1.29 is 13.2 Å². The summed E-state index contributed by atoms with van der Waals surface area (Å²) in [6, 6.07) is 0.802. The Morgan fingerprint density at radius 1 is 1.21 bits per heavy atom. The zero-order valence-electron chi connectivity index (χ0n) is 20.6. The molecule has 2 aliphatic rings. The Labute approximate surface area is 206 Å². The molecule has 2 amide bonds. The number of primary amides is 1. The van der Waals surface area contributed by atoms with Gasteiger partial charge in [0.25, 0.3) is 0 Å². The number of hydrogen-bond donors (Lipinski definition) is 1. The molecule has 2 fully saturated rings. The molecule has 34 heavy (non-hydrogen) atoms. The average molecular weight is 509 g/mol. The summed E-state index contributed by atoms with van der Waals surface area (Å²) in [5.41, 5.74) is 6.64.